The fourth-order valence-electron chi connectivity index (χ4n) is 1.36. The van der Waals surface area contributed by atoms with Gasteiger partial charge in [-0.1, -0.05) is 6.92 Å². The van der Waals surface area contributed by atoms with E-state index in [2.05, 4.69) is 24.2 Å². The van der Waals surface area contributed by atoms with E-state index in [1.54, 1.807) is 14.0 Å². The van der Waals surface area contributed by atoms with Crippen LogP contribution in [0.25, 0.3) is 0 Å². The maximum absolute atomic E-state index is 11.0. The number of rotatable bonds is 8. The molecule has 15 heavy (non-hydrogen) atoms. The molecule has 0 rings (SSSR count). The Morgan fingerprint density at radius 2 is 2.07 bits per heavy atom. The predicted octanol–water partition coefficient (Wildman–Crippen LogP) is 1.17. The number of hydrogen-bond donors (Lipinski definition) is 2. The molecule has 0 aromatic heterocycles. The number of likely N-dealkylation sites (N-methyl/N-ethyl adjacent to an activating group) is 1. The van der Waals surface area contributed by atoms with Gasteiger partial charge in [-0.3, -0.25) is 4.79 Å². The first-order chi connectivity index (χ1) is 6.96. The molecule has 0 saturated carbocycles. The lowest BCUT2D eigenvalue weighted by molar-refractivity contribution is -0.144. The van der Waals surface area contributed by atoms with Crippen LogP contribution in [-0.2, 0) is 4.79 Å². The van der Waals surface area contributed by atoms with Gasteiger partial charge in [0.25, 0.3) is 0 Å². The Hall–Kier alpha value is -0.610. The van der Waals surface area contributed by atoms with Crippen molar-refractivity contribution in [2.24, 2.45) is 0 Å². The van der Waals surface area contributed by atoms with Crippen molar-refractivity contribution in [1.29, 1.82) is 0 Å². The average Bonchev–Trinajstić information content (AvgIpc) is 2.23. The first-order valence-corrected chi connectivity index (χ1v) is 5.57. The van der Waals surface area contributed by atoms with Gasteiger partial charge in [0.2, 0.25) is 0 Å². The molecule has 0 radical (unpaired) electrons. The van der Waals surface area contributed by atoms with Crippen molar-refractivity contribution in [3.8, 4) is 0 Å². The standard InChI is InChI=1S/C11H24N2O2/c1-5-13(4)9-7-6-8-11(2,12-3)10(14)15/h12H,5-9H2,1-4H3,(H,14,15). The molecule has 90 valence electrons. The molecule has 0 aliphatic heterocycles. The molecule has 1 atom stereocenters. The number of carboxylic acids is 1. The number of carboxylic acid groups (broad SMARTS) is 1. The highest BCUT2D eigenvalue weighted by Crippen LogP contribution is 2.13. The molecule has 0 spiro atoms. The van der Waals surface area contributed by atoms with Crippen LogP contribution in [0.1, 0.15) is 33.1 Å². The Morgan fingerprint density at radius 1 is 1.47 bits per heavy atom. The zero-order valence-electron chi connectivity index (χ0n) is 10.3. The molecule has 0 aliphatic rings. The molecular formula is C11H24N2O2. The highest BCUT2D eigenvalue weighted by molar-refractivity contribution is 5.78. The maximum Gasteiger partial charge on any atom is 0.323 e. The minimum Gasteiger partial charge on any atom is -0.480 e. The normalized spacial score (nSPS) is 15.3. The van der Waals surface area contributed by atoms with Gasteiger partial charge >= 0.3 is 5.97 Å². The lowest BCUT2D eigenvalue weighted by atomic mass is 9.95. The smallest absolute Gasteiger partial charge is 0.323 e. The van der Waals surface area contributed by atoms with Crippen LogP contribution >= 0.6 is 0 Å². The Labute approximate surface area is 92.7 Å². The van der Waals surface area contributed by atoms with E-state index < -0.39 is 11.5 Å². The second-order valence-corrected chi connectivity index (χ2v) is 4.24. The summed E-state index contributed by atoms with van der Waals surface area (Å²) in [5, 5.41) is 11.9. The van der Waals surface area contributed by atoms with E-state index in [1.807, 2.05) is 0 Å². The van der Waals surface area contributed by atoms with Crippen LogP contribution in [0.15, 0.2) is 0 Å². The minimum atomic E-state index is -0.773. The fraction of sp³-hybridized carbons (Fsp3) is 0.909. The number of hydrogen-bond acceptors (Lipinski definition) is 3. The van der Waals surface area contributed by atoms with Crippen LogP contribution < -0.4 is 5.32 Å². The van der Waals surface area contributed by atoms with Gasteiger partial charge in [-0.25, -0.2) is 0 Å². The van der Waals surface area contributed by atoms with Gasteiger partial charge in [0.15, 0.2) is 0 Å². The van der Waals surface area contributed by atoms with Crippen LogP contribution in [0.3, 0.4) is 0 Å². The molecule has 4 nitrogen and oxygen atoms in total. The van der Waals surface area contributed by atoms with Crippen molar-refractivity contribution in [2.75, 3.05) is 27.2 Å². The summed E-state index contributed by atoms with van der Waals surface area (Å²) in [6.07, 6.45) is 2.67. The molecule has 0 aromatic rings. The fourth-order valence-corrected chi connectivity index (χ4v) is 1.36. The minimum absolute atomic E-state index is 0.677. The van der Waals surface area contributed by atoms with Gasteiger partial charge in [0.1, 0.15) is 5.54 Å². The van der Waals surface area contributed by atoms with Gasteiger partial charge < -0.3 is 15.3 Å². The summed E-state index contributed by atoms with van der Waals surface area (Å²) in [6, 6.07) is 0. The Balaban J connectivity index is 3.78. The van der Waals surface area contributed by atoms with E-state index in [4.69, 9.17) is 5.11 Å². The third-order valence-corrected chi connectivity index (χ3v) is 3.03. The quantitative estimate of drug-likeness (QED) is 0.598. The Morgan fingerprint density at radius 3 is 2.47 bits per heavy atom. The molecule has 4 heteroatoms. The molecule has 0 bridgehead atoms. The van der Waals surface area contributed by atoms with Gasteiger partial charge in [0, 0.05) is 0 Å². The van der Waals surface area contributed by atoms with E-state index >= 15 is 0 Å². The van der Waals surface area contributed by atoms with Crippen LogP contribution in [0.5, 0.6) is 0 Å². The SMILES string of the molecule is CCN(C)CCCCC(C)(NC)C(=O)O. The van der Waals surface area contributed by atoms with Crippen molar-refractivity contribution in [3.63, 3.8) is 0 Å². The number of nitrogens with one attached hydrogen (secondary N) is 1. The summed E-state index contributed by atoms with van der Waals surface area (Å²) in [7, 11) is 3.78. The molecule has 0 aliphatic carbocycles. The molecule has 0 fully saturated rings. The molecule has 1 unspecified atom stereocenters. The van der Waals surface area contributed by atoms with E-state index in [1.165, 1.54) is 0 Å². The lowest BCUT2D eigenvalue weighted by Gasteiger charge is -2.24. The van der Waals surface area contributed by atoms with Gasteiger partial charge in [0.05, 0.1) is 0 Å². The molecular weight excluding hydrogens is 192 g/mol. The molecule has 2 N–H and O–H groups in total. The molecule has 0 heterocycles. The van der Waals surface area contributed by atoms with Crippen molar-refractivity contribution in [1.82, 2.24) is 10.2 Å². The van der Waals surface area contributed by atoms with Gasteiger partial charge in [-0.15, -0.1) is 0 Å². The first-order valence-electron chi connectivity index (χ1n) is 5.57. The second-order valence-electron chi connectivity index (χ2n) is 4.24. The van der Waals surface area contributed by atoms with Crippen LogP contribution in [0.2, 0.25) is 0 Å². The lowest BCUT2D eigenvalue weighted by Crippen LogP contribution is -2.47. The van der Waals surface area contributed by atoms with Gasteiger partial charge in [-0.2, -0.15) is 0 Å². The largest absolute Gasteiger partial charge is 0.480 e. The van der Waals surface area contributed by atoms with Crippen LogP contribution in [0, 0.1) is 0 Å². The summed E-state index contributed by atoms with van der Waals surface area (Å²) in [6.45, 7) is 5.94. The van der Waals surface area contributed by atoms with E-state index in [0.717, 1.165) is 25.9 Å². The molecule has 0 saturated heterocycles. The van der Waals surface area contributed by atoms with Crippen molar-refractivity contribution >= 4 is 5.97 Å². The topological polar surface area (TPSA) is 52.6 Å². The third kappa shape index (κ3) is 5.14. The highest BCUT2D eigenvalue weighted by atomic mass is 16.4. The maximum atomic E-state index is 11.0. The van der Waals surface area contributed by atoms with Gasteiger partial charge in [-0.05, 0) is 53.4 Å². The first kappa shape index (κ1) is 14.4. The predicted molar refractivity (Wildman–Crippen MR) is 62.1 cm³/mol. The summed E-state index contributed by atoms with van der Waals surface area (Å²) in [5.74, 6) is -0.770. The summed E-state index contributed by atoms with van der Waals surface area (Å²) < 4.78 is 0. The number of nitrogens with zero attached hydrogens (tertiary/aromatic N) is 1. The number of aliphatic carboxylic acids is 1. The van der Waals surface area contributed by atoms with Crippen LogP contribution in [0.4, 0.5) is 0 Å². The second kappa shape index (κ2) is 6.80. The molecule has 0 amide bonds. The number of carbonyl (C=O) groups is 1. The van der Waals surface area contributed by atoms with E-state index in [9.17, 15) is 4.79 Å². The summed E-state index contributed by atoms with van der Waals surface area (Å²) >= 11 is 0. The van der Waals surface area contributed by atoms with Crippen molar-refractivity contribution in [3.05, 3.63) is 0 Å². The van der Waals surface area contributed by atoms with Crippen molar-refractivity contribution in [2.45, 2.75) is 38.6 Å². The zero-order chi connectivity index (χ0) is 11.9. The highest BCUT2D eigenvalue weighted by Gasteiger charge is 2.29. The van der Waals surface area contributed by atoms with Crippen LogP contribution in [-0.4, -0.2) is 48.7 Å². The molecule has 0 aromatic carbocycles. The monoisotopic (exact) mass is 216 g/mol. The Kier molecular flexibility index (Phi) is 6.52. The number of unbranched alkanes of at least 4 members (excludes halogenated alkanes) is 1. The summed E-state index contributed by atoms with van der Waals surface area (Å²) in [5.41, 5.74) is -0.773. The Bertz CT molecular complexity index is 197. The third-order valence-electron chi connectivity index (χ3n) is 3.03. The van der Waals surface area contributed by atoms with Crippen molar-refractivity contribution < 1.29 is 9.90 Å². The zero-order valence-corrected chi connectivity index (χ0v) is 10.3. The average molecular weight is 216 g/mol. The summed E-state index contributed by atoms with van der Waals surface area (Å²) in [4.78, 5) is 13.2. The van der Waals surface area contributed by atoms with E-state index in [-0.39, 0.29) is 0 Å². The van der Waals surface area contributed by atoms with E-state index in [0.29, 0.717) is 6.42 Å².